The molecule has 1 aromatic carbocycles. The van der Waals surface area contributed by atoms with Crippen molar-refractivity contribution in [3.63, 3.8) is 0 Å². The number of carbonyl (C=O) groups excluding carboxylic acids is 1. The Morgan fingerprint density at radius 2 is 2.22 bits per heavy atom. The van der Waals surface area contributed by atoms with Gasteiger partial charge >= 0.3 is 0 Å². The first-order valence-corrected chi connectivity index (χ1v) is 5.51. The number of aromatic hydroxyl groups is 1. The highest BCUT2D eigenvalue weighted by atomic mass is 16.4. The smallest absolute Gasteiger partial charge is 0.251 e. The van der Waals surface area contributed by atoms with Gasteiger partial charge in [0.05, 0.1) is 0 Å². The van der Waals surface area contributed by atoms with E-state index in [1.807, 2.05) is 0 Å². The van der Waals surface area contributed by atoms with Gasteiger partial charge in [0.15, 0.2) is 0 Å². The highest BCUT2D eigenvalue weighted by Gasteiger charge is 2.12. The SMILES string of the molecule is Cc1cc(O)ccc1C(=O)NCC(C)/C(N)=N/O. The molecule has 0 bridgehead atoms. The van der Waals surface area contributed by atoms with E-state index in [-0.39, 0.29) is 30.0 Å². The summed E-state index contributed by atoms with van der Waals surface area (Å²) in [7, 11) is 0. The molecule has 0 saturated carbocycles. The number of carbonyl (C=O) groups is 1. The molecule has 0 fully saturated rings. The minimum Gasteiger partial charge on any atom is -0.508 e. The van der Waals surface area contributed by atoms with Gasteiger partial charge in [-0.2, -0.15) is 0 Å². The van der Waals surface area contributed by atoms with Crippen LogP contribution in [-0.2, 0) is 0 Å². The van der Waals surface area contributed by atoms with Crippen LogP contribution in [0.25, 0.3) is 0 Å². The second-order valence-electron chi connectivity index (χ2n) is 4.14. The molecule has 6 heteroatoms. The van der Waals surface area contributed by atoms with Crippen LogP contribution in [0.5, 0.6) is 5.75 Å². The molecule has 1 rings (SSSR count). The summed E-state index contributed by atoms with van der Waals surface area (Å²) in [5.74, 6) is -0.326. The Kier molecular flexibility index (Phi) is 4.53. The van der Waals surface area contributed by atoms with Gasteiger partial charge < -0.3 is 21.4 Å². The van der Waals surface area contributed by atoms with E-state index in [4.69, 9.17) is 10.9 Å². The second-order valence-corrected chi connectivity index (χ2v) is 4.14. The molecule has 98 valence electrons. The van der Waals surface area contributed by atoms with Gasteiger partial charge in [-0.25, -0.2) is 0 Å². The Balaban J connectivity index is 2.66. The van der Waals surface area contributed by atoms with Crippen LogP contribution in [0.4, 0.5) is 0 Å². The monoisotopic (exact) mass is 251 g/mol. The lowest BCUT2D eigenvalue weighted by molar-refractivity contribution is 0.0950. The number of rotatable bonds is 4. The van der Waals surface area contributed by atoms with Crippen molar-refractivity contribution in [1.82, 2.24) is 5.32 Å². The molecule has 0 aliphatic heterocycles. The Bertz CT molecular complexity index is 472. The normalized spacial score (nSPS) is 13.1. The molecule has 0 spiro atoms. The number of aryl methyl sites for hydroxylation is 1. The maximum Gasteiger partial charge on any atom is 0.251 e. The Morgan fingerprint density at radius 1 is 1.56 bits per heavy atom. The quantitative estimate of drug-likeness (QED) is 0.275. The minimum atomic E-state index is -0.259. The highest BCUT2D eigenvalue weighted by Crippen LogP contribution is 2.15. The van der Waals surface area contributed by atoms with Gasteiger partial charge in [-0.1, -0.05) is 12.1 Å². The van der Waals surface area contributed by atoms with Crippen LogP contribution in [0.3, 0.4) is 0 Å². The molecule has 6 nitrogen and oxygen atoms in total. The van der Waals surface area contributed by atoms with E-state index in [9.17, 15) is 9.90 Å². The van der Waals surface area contributed by atoms with E-state index in [0.29, 0.717) is 11.1 Å². The molecule has 1 aromatic rings. The van der Waals surface area contributed by atoms with Crippen LogP contribution >= 0.6 is 0 Å². The zero-order valence-corrected chi connectivity index (χ0v) is 10.3. The summed E-state index contributed by atoms with van der Waals surface area (Å²) in [4.78, 5) is 11.9. The molecule has 18 heavy (non-hydrogen) atoms. The van der Waals surface area contributed by atoms with Crippen molar-refractivity contribution in [2.75, 3.05) is 6.54 Å². The van der Waals surface area contributed by atoms with Crippen LogP contribution in [0.15, 0.2) is 23.4 Å². The summed E-state index contributed by atoms with van der Waals surface area (Å²) in [6.45, 7) is 3.75. The van der Waals surface area contributed by atoms with Gasteiger partial charge in [-0.05, 0) is 30.7 Å². The maximum absolute atomic E-state index is 11.9. The van der Waals surface area contributed by atoms with Crippen molar-refractivity contribution >= 4 is 11.7 Å². The number of amides is 1. The minimum absolute atomic E-state index is 0.0673. The number of hydrogen-bond donors (Lipinski definition) is 4. The summed E-state index contributed by atoms with van der Waals surface area (Å²) in [6, 6.07) is 4.52. The van der Waals surface area contributed by atoms with Crippen LogP contribution in [0.1, 0.15) is 22.8 Å². The van der Waals surface area contributed by atoms with E-state index in [1.165, 1.54) is 12.1 Å². The fourth-order valence-electron chi connectivity index (χ4n) is 1.45. The fourth-order valence-corrected chi connectivity index (χ4v) is 1.45. The number of phenols is 1. The summed E-state index contributed by atoms with van der Waals surface area (Å²) in [5.41, 5.74) is 6.58. The zero-order valence-electron chi connectivity index (χ0n) is 10.3. The van der Waals surface area contributed by atoms with Gasteiger partial charge in [0.25, 0.3) is 5.91 Å². The van der Waals surface area contributed by atoms with Crippen LogP contribution in [0.2, 0.25) is 0 Å². The van der Waals surface area contributed by atoms with Crippen molar-refractivity contribution in [1.29, 1.82) is 0 Å². The highest BCUT2D eigenvalue weighted by molar-refractivity contribution is 5.96. The zero-order chi connectivity index (χ0) is 13.7. The number of phenolic OH excluding ortho intramolecular Hbond substituents is 1. The molecular weight excluding hydrogens is 234 g/mol. The number of benzene rings is 1. The van der Waals surface area contributed by atoms with Crippen molar-refractivity contribution in [2.45, 2.75) is 13.8 Å². The van der Waals surface area contributed by atoms with Gasteiger partial charge in [0.1, 0.15) is 11.6 Å². The lowest BCUT2D eigenvalue weighted by Crippen LogP contribution is -2.34. The molecule has 0 aromatic heterocycles. The molecule has 0 aliphatic rings. The van der Waals surface area contributed by atoms with E-state index in [1.54, 1.807) is 19.9 Å². The lowest BCUT2D eigenvalue weighted by atomic mass is 10.1. The third kappa shape index (κ3) is 3.38. The topological polar surface area (TPSA) is 108 Å². The fraction of sp³-hybridized carbons (Fsp3) is 0.333. The predicted molar refractivity (Wildman–Crippen MR) is 67.7 cm³/mol. The summed E-state index contributed by atoms with van der Waals surface area (Å²) >= 11 is 0. The Labute approximate surface area is 105 Å². The molecular formula is C12H17N3O3. The first-order chi connectivity index (χ1) is 8.45. The largest absolute Gasteiger partial charge is 0.508 e. The number of nitrogens with two attached hydrogens (primary N) is 1. The van der Waals surface area contributed by atoms with Gasteiger partial charge in [-0.3, -0.25) is 4.79 Å². The van der Waals surface area contributed by atoms with Crippen molar-refractivity contribution < 1.29 is 15.1 Å². The lowest BCUT2D eigenvalue weighted by Gasteiger charge is -2.12. The number of nitrogens with zero attached hydrogens (tertiary/aromatic N) is 1. The van der Waals surface area contributed by atoms with Crippen LogP contribution in [-0.4, -0.2) is 28.6 Å². The third-order valence-electron chi connectivity index (χ3n) is 2.64. The molecule has 0 aliphatic carbocycles. The van der Waals surface area contributed by atoms with Crippen LogP contribution < -0.4 is 11.1 Å². The van der Waals surface area contributed by atoms with E-state index in [0.717, 1.165) is 0 Å². The number of oxime groups is 1. The van der Waals surface area contributed by atoms with Crippen LogP contribution in [0, 0.1) is 12.8 Å². The average Bonchev–Trinajstić information content (AvgIpc) is 2.34. The van der Waals surface area contributed by atoms with Gasteiger partial charge in [0.2, 0.25) is 0 Å². The van der Waals surface area contributed by atoms with E-state index >= 15 is 0 Å². The van der Waals surface area contributed by atoms with E-state index < -0.39 is 0 Å². The third-order valence-corrected chi connectivity index (χ3v) is 2.64. The Morgan fingerprint density at radius 3 is 2.78 bits per heavy atom. The second kappa shape index (κ2) is 5.90. The van der Waals surface area contributed by atoms with Crippen molar-refractivity contribution in [3.05, 3.63) is 29.3 Å². The number of amidine groups is 1. The number of nitrogens with one attached hydrogen (secondary N) is 1. The Hall–Kier alpha value is -2.24. The van der Waals surface area contributed by atoms with E-state index in [2.05, 4.69) is 10.5 Å². The standard InChI is InChI=1S/C12H17N3O3/c1-7-5-9(16)3-4-10(7)12(17)14-6-8(2)11(13)15-18/h3-5,8,16,18H,6H2,1-2H3,(H2,13,15)(H,14,17). The molecule has 0 heterocycles. The van der Waals surface area contributed by atoms with Gasteiger partial charge in [0, 0.05) is 18.0 Å². The summed E-state index contributed by atoms with van der Waals surface area (Å²) in [5, 5.41) is 23.3. The average molecular weight is 251 g/mol. The van der Waals surface area contributed by atoms with Gasteiger partial charge in [-0.15, -0.1) is 0 Å². The molecule has 0 saturated heterocycles. The molecule has 5 N–H and O–H groups in total. The first-order valence-electron chi connectivity index (χ1n) is 5.51. The molecule has 1 unspecified atom stereocenters. The summed E-state index contributed by atoms with van der Waals surface area (Å²) in [6.07, 6.45) is 0. The summed E-state index contributed by atoms with van der Waals surface area (Å²) < 4.78 is 0. The maximum atomic E-state index is 11.9. The number of hydrogen-bond acceptors (Lipinski definition) is 4. The van der Waals surface area contributed by atoms with Crippen molar-refractivity contribution in [3.8, 4) is 5.75 Å². The predicted octanol–water partition coefficient (Wildman–Crippen LogP) is 0.813. The van der Waals surface area contributed by atoms with Crippen molar-refractivity contribution in [2.24, 2.45) is 16.8 Å². The molecule has 1 atom stereocenters. The first kappa shape index (κ1) is 13.8. The molecule has 1 amide bonds. The molecule has 0 radical (unpaired) electrons.